The van der Waals surface area contributed by atoms with Gasteiger partial charge in [-0.1, -0.05) is 13.8 Å². The molecule has 164 valence electrons. The minimum atomic E-state index is -0.0836. The molecule has 0 bridgehead atoms. The zero-order valence-corrected chi connectivity index (χ0v) is 19.7. The fourth-order valence-corrected chi connectivity index (χ4v) is 7.16. The Hall–Kier alpha value is -2.06. The number of carbonyl (C=O) groups is 1. The minimum absolute atomic E-state index is 0.0629. The van der Waals surface area contributed by atoms with Gasteiger partial charge in [0.05, 0.1) is 11.1 Å². The van der Waals surface area contributed by atoms with E-state index >= 15 is 0 Å². The molecule has 0 aromatic carbocycles. The fraction of sp³-hybridized carbons (Fsp3) is 0.565. The number of thiophene rings is 1. The van der Waals surface area contributed by atoms with Crippen molar-refractivity contribution in [3.63, 3.8) is 0 Å². The summed E-state index contributed by atoms with van der Waals surface area (Å²) in [4.78, 5) is 40.8. The van der Waals surface area contributed by atoms with Crippen LogP contribution in [0.2, 0.25) is 0 Å². The third kappa shape index (κ3) is 4.20. The molecule has 3 aromatic rings. The number of amides is 1. The van der Waals surface area contributed by atoms with E-state index < -0.39 is 0 Å². The van der Waals surface area contributed by atoms with Crippen LogP contribution in [0.1, 0.15) is 66.4 Å². The van der Waals surface area contributed by atoms with Crippen LogP contribution in [0.3, 0.4) is 0 Å². The molecule has 0 aliphatic heterocycles. The summed E-state index contributed by atoms with van der Waals surface area (Å²) < 4.78 is 0. The van der Waals surface area contributed by atoms with Crippen molar-refractivity contribution in [1.82, 2.24) is 15.0 Å². The molecular formula is C23H28N4O2S2. The van der Waals surface area contributed by atoms with E-state index in [1.807, 2.05) is 0 Å². The third-order valence-corrected chi connectivity index (χ3v) is 8.85. The molecule has 0 radical (unpaired) electrons. The second kappa shape index (κ2) is 8.47. The van der Waals surface area contributed by atoms with E-state index in [-0.39, 0.29) is 17.9 Å². The van der Waals surface area contributed by atoms with Crippen molar-refractivity contribution >= 4 is 43.9 Å². The summed E-state index contributed by atoms with van der Waals surface area (Å²) in [6.07, 6.45) is 8.27. The first-order chi connectivity index (χ1) is 15.0. The Balaban J connectivity index is 1.24. The number of anilines is 1. The van der Waals surface area contributed by atoms with Crippen LogP contribution < -0.4 is 10.9 Å². The van der Waals surface area contributed by atoms with Crippen molar-refractivity contribution in [3.05, 3.63) is 37.2 Å². The average Bonchev–Trinajstić information content (AvgIpc) is 3.31. The number of hydrogen-bond donors (Lipinski definition) is 2. The number of carbonyl (C=O) groups excluding carboxylic acids is 1. The molecule has 0 saturated carbocycles. The molecule has 8 heteroatoms. The zero-order chi connectivity index (χ0) is 21.5. The monoisotopic (exact) mass is 456 g/mol. The number of aryl methyl sites for hydroxylation is 4. The van der Waals surface area contributed by atoms with Gasteiger partial charge in [0, 0.05) is 22.6 Å². The Morgan fingerprint density at radius 3 is 2.84 bits per heavy atom. The molecule has 0 fully saturated rings. The van der Waals surface area contributed by atoms with E-state index in [1.165, 1.54) is 28.2 Å². The van der Waals surface area contributed by atoms with Crippen LogP contribution in [0.5, 0.6) is 0 Å². The lowest BCUT2D eigenvalue weighted by Crippen LogP contribution is -2.18. The molecule has 6 nitrogen and oxygen atoms in total. The number of fused-ring (bicyclic) bond motifs is 4. The highest BCUT2D eigenvalue weighted by Gasteiger charge is 2.25. The van der Waals surface area contributed by atoms with Gasteiger partial charge in [0.25, 0.3) is 5.56 Å². The highest BCUT2D eigenvalue weighted by atomic mass is 32.1. The number of rotatable bonds is 5. The normalized spacial score (nSPS) is 18.2. The van der Waals surface area contributed by atoms with Crippen molar-refractivity contribution in [1.29, 1.82) is 0 Å². The van der Waals surface area contributed by atoms with E-state index in [0.717, 1.165) is 48.0 Å². The van der Waals surface area contributed by atoms with E-state index in [2.05, 4.69) is 34.1 Å². The summed E-state index contributed by atoms with van der Waals surface area (Å²) in [5.41, 5.74) is 2.28. The van der Waals surface area contributed by atoms with Crippen molar-refractivity contribution < 1.29 is 4.79 Å². The molecule has 2 N–H and O–H groups in total. The smallest absolute Gasteiger partial charge is 0.259 e. The maximum atomic E-state index is 12.7. The van der Waals surface area contributed by atoms with Gasteiger partial charge in [-0.15, -0.1) is 22.7 Å². The highest BCUT2D eigenvalue weighted by molar-refractivity contribution is 7.18. The SMILES string of the molecule is CC(C)C1CCc2nc(NC(=O)CCc3nc4sc5c(c4c(=O)[nH]3)CCCC5)sc2C1. The third-order valence-electron chi connectivity index (χ3n) is 6.63. The van der Waals surface area contributed by atoms with Gasteiger partial charge < -0.3 is 10.3 Å². The second-order valence-corrected chi connectivity index (χ2v) is 11.3. The van der Waals surface area contributed by atoms with Crippen LogP contribution in [0.15, 0.2) is 4.79 Å². The number of hydrogen-bond acceptors (Lipinski definition) is 6. The topological polar surface area (TPSA) is 87.7 Å². The molecule has 1 atom stereocenters. The van der Waals surface area contributed by atoms with E-state index in [9.17, 15) is 9.59 Å². The van der Waals surface area contributed by atoms with Crippen LogP contribution in [0.25, 0.3) is 10.2 Å². The number of nitrogens with zero attached hydrogens (tertiary/aromatic N) is 2. The molecule has 5 rings (SSSR count). The molecular weight excluding hydrogens is 428 g/mol. The number of aromatic amines is 1. The lowest BCUT2D eigenvalue weighted by molar-refractivity contribution is -0.116. The van der Waals surface area contributed by atoms with Crippen LogP contribution in [-0.2, 0) is 36.9 Å². The van der Waals surface area contributed by atoms with Gasteiger partial charge in [-0.2, -0.15) is 0 Å². The summed E-state index contributed by atoms with van der Waals surface area (Å²) >= 11 is 3.25. The Labute approximate surface area is 189 Å². The summed E-state index contributed by atoms with van der Waals surface area (Å²) in [7, 11) is 0. The van der Waals surface area contributed by atoms with Gasteiger partial charge in [-0.05, 0) is 62.3 Å². The summed E-state index contributed by atoms with van der Waals surface area (Å²) in [6, 6.07) is 0. The van der Waals surface area contributed by atoms with Crippen molar-refractivity contribution in [2.75, 3.05) is 5.32 Å². The Kier molecular flexibility index (Phi) is 5.69. The van der Waals surface area contributed by atoms with E-state index in [1.54, 1.807) is 22.7 Å². The van der Waals surface area contributed by atoms with Crippen LogP contribution >= 0.6 is 22.7 Å². The molecule has 3 heterocycles. The molecule has 1 amide bonds. The number of H-pyrrole nitrogens is 1. The predicted octanol–water partition coefficient (Wildman–Crippen LogP) is 4.65. The number of aromatic nitrogens is 3. The summed E-state index contributed by atoms with van der Waals surface area (Å²) in [5.74, 6) is 1.88. The first-order valence-electron chi connectivity index (χ1n) is 11.3. The lowest BCUT2D eigenvalue weighted by Gasteiger charge is -2.24. The van der Waals surface area contributed by atoms with Gasteiger partial charge in [0.15, 0.2) is 5.13 Å². The Bertz CT molecular complexity index is 1190. The first-order valence-corrected chi connectivity index (χ1v) is 12.9. The minimum Gasteiger partial charge on any atom is -0.310 e. The summed E-state index contributed by atoms with van der Waals surface area (Å²) in [6.45, 7) is 4.56. The first kappa shape index (κ1) is 20.8. The molecule has 0 saturated heterocycles. The van der Waals surface area contributed by atoms with Crippen LogP contribution in [0.4, 0.5) is 5.13 Å². The van der Waals surface area contributed by atoms with Gasteiger partial charge >= 0.3 is 0 Å². The van der Waals surface area contributed by atoms with E-state index in [4.69, 9.17) is 0 Å². The number of nitrogens with one attached hydrogen (secondary N) is 2. The van der Waals surface area contributed by atoms with Crippen LogP contribution in [0, 0.1) is 11.8 Å². The second-order valence-electron chi connectivity index (χ2n) is 9.09. The Morgan fingerprint density at radius 1 is 1.16 bits per heavy atom. The molecule has 2 aliphatic carbocycles. The maximum Gasteiger partial charge on any atom is 0.259 e. The predicted molar refractivity (Wildman–Crippen MR) is 126 cm³/mol. The standard InChI is InChI=1S/C23H28N4O2S2/c1-12(2)13-7-8-15-17(11-13)31-23(24-15)27-19(28)10-9-18-25-21(29)20-14-5-3-4-6-16(14)30-22(20)26-18/h12-13H,3-11H2,1-2H3,(H,24,27,28)(H,25,26,29). The van der Waals surface area contributed by atoms with E-state index in [0.29, 0.717) is 29.2 Å². The molecule has 3 aromatic heterocycles. The zero-order valence-electron chi connectivity index (χ0n) is 18.0. The van der Waals surface area contributed by atoms with Gasteiger partial charge in [-0.25, -0.2) is 9.97 Å². The average molecular weight is 457 g/mol. The Morgan fingerprint density at radius 2 is 2.00 bits per heavy atom. The van der Waals surface area contributed by atoms with Gasteiger partial charge in [-0.3, -0.25) is 9.59 Å². The van der Waals surface area contributed by atoms with Gasteiger partial charge in [0.2, 0.25) is 5.91 Å². The number of thiazole rings is 1. The maximum absolute atomic E-state index is 12.7. The summed E-state index contributed by atoms with van der Waals surface area (Å²) in [5, 5.41) is 4.42. The quantitative estimate of drug-likeness (QED) is 0.585. The lowest BCUT2D eigenvalue weighted by atomic mass is 9.83. The van der Waals surface area contributed by atoms with Gasteiger partial charge in [0.1, 0.15) is 10.7 Å². The molecule has 0 spiro atoms. The largest absolute Gasteiger partial charge is 0.310 e. The highest BCUT2D eigenvalue weighted by Crippen LogP contribution is 2.35. The fourth-order valence-electron chi connectivity index (χ4n) is 4.76. The van der Waals surface area contributed by atoms with Crippen molar-refractivity contribution in [3.8, 4) is 0 Å². The van der Waals surface area contributed by atoms with Crippen molar-refractivity contribution in [2.45, 2.75) is 71.6 Å². The molecule has 31 heavy (non-hydrogen) atoms. The van der Waals surface area contributed by atoms with Crippen LogP contribution in [-0.4, -0.2) is 20.9 Å². The molecule has 2 aliphatic rings. The molecule has 1 unspecified atom stereocenters. The van der Waals surface area contributed by atoms with Crippen molar-refractivity contribution in [2.24, 2.45) is 11.8 Å².